The van der Waals surface area contributed by atoms with Crippen LogP contribution in [-0.4, -0.2) is 19.6 Å². The van der Waals surface area contributed by atoms with Crippen molar-refractivity contribution in [3.8, 4) is 17.6 Å². The number of amides is 1. The van der Waals surface area contributed by atoms with Gasteiger partial charge in [-0.25, -0.2) is 0 Å². The van der Waals surface area contributed by atoms with Gasteiger partial charge in [-0.3, -0.25) is 4.79 Å². The summed E-state index contributed by atoms with van der Waals surface area (Å²) in [6, 6.07) is 10.8. The number of carbonyl (C=O) groups excluding carboxylic acids is 1. The minimum atomic E-state index is -4.53. The lowest BCUT2D eigenvalue weighted by Gasteiger charge is -2.10. The van der Waals surface area contributed by atoms with Crippen LogP contribution in [0.2, 0.25) is 0 Å². The standard InChI is InChI=1S/C20H17F3N2O3/c1-3-28-17-8-7-13(10-18(17)27-2)9-14(12-24)19(26)25-16-6-4-5-15(11-16)20(21,22)23/h4-11H,3H2,1-2H3,(H,25,26)/b14-9+. The Labute approximate surface area is 160 Å². The van der Waals surface area contributed by atoms with Crippen LogP contribution < -0.4 is 14.8 Å². The zero-order chi connectivity index (χ0) is 20.7. The second-order valence-electron chi connectivity index (χ2n) is 5.55. The van der Waals surface area contributed by atoms with E-state index in [9.17, 15) is 23.2 Å². The number of anilines is 1. The first kappa shape index (κ1) is 20.8. The molecule has 0 radical (unpaired) electrons. The van der Waals surface area contributed by atoms with Gasteiger partial charge < -0.3 is 14.8 Å². The van der Waals surface area contributed by atoms with Crippen molar-refractivity contribution in [1.29, 1.82) is 5.26 Å². The van der Waals surface area contributed by atoms with Gasteiger partial charge in [-0.05, 0) is 48.9 Å². The third-order valence-corrected chi connectivity index (χ3v) is 3.61. The lowest BCUT2D eigenvalue weighted by molar-refractivity contribution is -0.137. The maximum absolute atomic E-state index is 12.8. The van der Waals surface area contributed by atoms with Crippen LogP contribution in [0.15, 0.2) is 48.0 Å². The Kier molecular flexibility index (Phi) is 6.66. The number of nitrogens with one attached hydrogen (secondary N) is 1. The number of ether oxygens (including phenoxy) is 2. The first-order valence-corrected chi connectivity index (χ1v) is 8.19. The molecule has 146 valence electrons. The smallest absolute Gasteiger partial charge is 0.416 e. The SMILES string of the molecule is CCOc1ccc(/C=C(\C#N)C(=O)Nc2cccc(C(F)(F)F)c2)cc1OC. The van der Waals surface area contributed by atoms with Crippen LogP contribution in [0, 0.1) is 11.3 Å². The second-order valence-corrected chi connectivity index (χ2v) is 5.55. The van der Waals surface area contributed by atoms with E-state index in [0.29, 0.717) is 23.7 Å². The average Bonchev–Trinajstić information content (AvgIpc) is 2.66. The van der Waals surface area contributed by atoms with Gasteiger partial charge in [0.25, 0.3) is 5.91 Å². The Hall–Kier alpha value is -3.47. The molecule has 0 aliphatic carbocycles. The highest BCUT2D eigenvalue weighted by Gasteiger charge is 2.30. The molecule has 0 saturated heterocycles. The number of hydrogen-bond acceptors (Lipinski definition) is 4. The van der Waals surface area contributed by atoms with Crippen molar-refractivity contribution in [2.24, 2.45) is 0 Å². The summed E-state index contributed by atoms with van der Waals surface area (Å²) in [5.74, 6) is 0.106. The number of alkyl halides is 3. The van der Waals surface area contributed by atoms with Crippen LogP contribution in [0.3, 0.4) is 0 Å². The number of nitriles is 1. The highest BCUT2D eigenvalue weighted by molar-refractivity contribution is 6.09. The van der Waals surface area contributed by atoms with E-state index in [1.165, 1.54) is 25.3 Å². The van der Waals surface area contributed by atoms with Gasteiger partial charge in [0.05, 0.1) is 19.3 Å². The van der Waals surface area contributed by atoms with Gasteiger partial charge in [0.1, 0.15) is 11.6 Å². The molecule has 1 N–H and O–H groups in total. The minimum absolute atomic E-state index is 0.0646. The van der Waals surface area contributed by atoms with Gasteiger partial charge in [0.2, 0.25) is 0 Å². The van der Waals surface area contributed by atoms with E-state index < -0.39 is 17.6 Å². The minimum Gasteiger partial charge on any atom is -0.493 e. The molecule has 0 bridgehead atoms. The third kappa shape index (κ3) is 5.27. The highest BCUT2D eigenvalue weighted by atomic mass is 19.4. The van der Waals surface area contributed by atoms with Crippen LogP contribution in [-0.2, 0) is 11.0 Å². The molecule has 0 spiro atoms. The molecule has 0 saturated carbocycles. The summed E-state index contributed by atoms with van der Waals surface area (Å²) in [6.07, 6.45) is -3.23. The number of halogens is 3. The fourth-order valence-electron chi connectivity index (χ4n) is 2.34. The fraction of sp³-hybridized carbons (Fsp3) is 0.200. The number of hydrogen-bond donors (Lipinski definition) is 1. The van der Waals surface area contributed by atoms with Gasteiger partial charge in [0, 0.05) is 5.69 Å². The predicted octanol–water partition coefficient (Wildman–Crippen LogP) is 4.66. The summed E-state index contributed by atoms with van der Waals surface area (Å²) in [5, 5.41) is 11.6. The third-order valence-electron chi connectivity index (χ3n) is 3.61. The fourth-order valence-corrected chi connectivity index (χ4v) is 2.34. The van der Waals surface area contributed by atoms with Crippen molar-refractivity contribution in [1.82, 2.24) is 0 Å². The zero-order valence-corrected chi connectivity index (χ0v) is 15.1. The quantitative estimate of drug-likeness (QED) is 0.575. The molecular weight excluding hydrogens is 373 g/mol. The summed E-state index contributed by atoms with van der Waals surface area (Å²) in [5.41, 5.74) is -0.742. The van der Waals surface area contributed by atoms with Crippen LogP contribution in [0.5, 0.6) is 11.5 Å². The number of benzene rings is 2. The van der Waals surface area contributed by atoms with E-state index in [4.69, 9.17) is 9.47 Å². The summed E-state index contributed by atoms with van der Waals surface area (Å²) >= 11 is 0. The molecule has 0 fully saturated rings. The Balaban J connectivity index is 2.25. The average molecular weight is 390 g/mol. The molecule has 0 aliphatic heterocycles. The molecule has 28 heavy (non-hydrogen) atoms. The van der Waals surface area contributed by atoms with Crippen molar-refractivity contribution in [3.63, 3.8) is 0 Å². The largest absolute Gasteiger partial charge is 0.493 e. The second kappa shape index (κ2) is 8.95. The highest BCUT2D eigenvalue weighted by Crippen LogP contribution is 2.31. The molecule has 0 heterocycles. The topological polar surface area (TPSA) is 71.3 Å². The maximum atomic E-state index is 12.8. The number of rotatable bonds is 6. The van der Waals surface area contributed by atoms with Gasteiger partial charge in [-0.15, -0.1) is 0 Å². The first-order chi connectivity index (χ1) is 13.3. The van der Waals surface area contributed by atoms with Crippen LogP contribution >= 0.6 is 0 Å². The van der Waals surface area contributed by atoms with Crippen molar-refractivity contribution >= 4 is 17.7 Å². The van der Waals surface area contributed by atoms with Crippen molar-refractivity contribution in [3.05, 3.63) is 59.2 Å². The monoisotopic (exact) mass is 390 g/mol. The molecule has 2 aromatic carbocycles. The molecular formula is C20H17F3N2O3. The van der Waals surface area contributed by atoms with Gasteiger partial charge in [0.15, 0.2) is 11.5 Å². The molecule has 0 aliphatic rings. The predicted molar refractivity (Wildman–Crippen MR) is 97.8 cm³/mol. The van der Waals surface area contributed by atoms with Crippen LogP contribution in [0.4, 0.5) is 18.9 Å². The van der Waals surface area contributed by atoms with E-state index in [0.717, 1.165) is 12.1 Å². The maximum Gasteiger partial charge on any atom is 0.416 e. The van der Waals surface area contributed by atoms with Crippen molar-refractivity contribution in [2.45, 2.75) is 13.1 Å². The first-order valence-electron chi connectivity index (χ1n) is 8.19. The summed E-state index contributed by atoms with van der Waals surface area (Å²) in [6.45, 7) is 2.26. The van der Waals surface area contributed by atoms with E-state index in [1.54, 1.807) is 24.3 Å². The van der Waals surface area contributed by atoms with E-state index in [1.807, 2.05) is 6.92 Å². The number of carbonyl (C=O) groups is 1. The number of nitrogens with zero attached hydrogens (tertiary/aromatic N) is 1. The summed E-state index contributed by atoms with van der Waals surface area (Å²) in [7, 11) is 1.46. The molecule has 1 amide bonds. The van der Waals surface area contributed by atoms with Gasteiger partial charge in [-0.2, -0.15) is 18.4 Å². The van der Waals surface area contributed by atoms with Crippen LogP contribution in [0.25, 0.3) is 6.08 Å². The van der Waals surface area contributed by atoms with Gasteiger partial charge in [-0.1, -0.05) is 12.1 Å². The number of methoxy groups -OCH3 is 1. The Morgan fingerprint density at radius 2 is 1.96 bits per heavy atom. The van der Waals surface area contributed by atoms with Gasteiger partial charge >= 0.3 is 6.18 Å². The Morgan fingerprint density at radius 3 is 2.57 bits per heavy atom. The molecule has 0 unspecified atom stereocenters. The van der Waals surface area contributed by atoms with E-state index in [-0.39, 0.29) is 11.3 Å². The van der Waals surface area contributed by atoms with Crippen LogP contribution in [0.1, 0.15) is 18.1 Å². The molecule has 8 heteroatoms. The molecule has 5 nitrogen and oxygen atoms in total. The van der Waals surface area contributed by atoms with Crippen molar-refractivity contribution in [2.75, 3.05) is 19.0 Å². The Morgan fingerprint density at radius 1 is 1.21 bits per heavy atom. The van der Waals surface area contributed by atoms with Crippen molar-refractivity contribution < 1.29 is 27.4 Å². The zero-order valence-electron chi connectivity index (χ0n) is 15.1. The molecule has 0 aromatic heterocycles. The van der Waals surface area contributed by atoms with E-state index >= 15 is 0 Å². The lowest BCUT2D eigenvalue weighted by Crippen LogP contribution is -2.14. The molecule has 2 rings (SSSR count). The lowest BCUT2D eigenvalue weighted by atomic mass is 10.1. The summed E-state index contributed by atoms with van der Waals surface area (Å²) in [4.78, 5) is 12.3. The van der Waals surface area contributed by atoms with E-state index in [2.05, 4.69) is 5.32 Å². The summed E-state index contributed by atoms with van der Waals surface area (Å²) < 4.78 is 48.9. The normalized spacial score (nSPS) is 11.5. The molecule has 0 atom stereocenters. The molecule has 2 aromatic rings. The Bertz CT molecular complexity index is 931.